The third kappa shape index (κ3) is 7.49. The zero-order valence-corrected chi connectivity index (χ0v) is 7.73. The van der Waals surface area contributed by atoms with Gasteiger partial charge in [-0.15, -0.1) is 0 Å². The Morgan fingerprint density at radius 3 is 2.46 bits per heavy atom. The van der Waals surface area contributed by atoms with Crippen molar-refractivity contribution < 1.29 is 20.1 Å². The molecule has 0 aromatic heterocycles. The number of hydrogen-bond donors (Lipinski definition) is 3. The lowest BCUT2D eigenvalue weighted by atomic mass is 10.1. The molecule has 0 fully saturated rings. The van der Waals surface area contributed by atoms with Crippen LogP contribution < -0.4 is 0 Å². The fourth-order valence-electron chi connectivity index (χ4n) is 0.741. The van der Waals surface area contributed by atoms with Gasteiger partial charge in [-0.1, -0.05) is 19.1 Å². The molecule has 0 aliphatic heterocycles. The van der Waals surface area contributed by atoms with Crippen LogP contribution >= 0.6 is 0 Å². The normalized spacial score (nSPS) is 12.2. The van der Waals surface area contributed by atoms with Crippen molar-refractivity contribution in [3.63, 3.8) is 0 Å². The van der Waals surface area contributed by atoms with Crippen LogP contribution in [-0.2, 0) is 4.79 Å². The highest BCUT2D eigenvalue weighted by Gasteiger charge is 2.16. The molecular weight excluding hydrogens is 172 g/mol. The van der Waals surface area contributed by atoms with E-state index < -0.39 is 11.8 Å². The van der Waals surface area contributed by atoms with Gasteiger partial charge in [0.1, 0.15) is 0 Å². The molecule has 0 radical (unpaired) electrons. The van der Waals surface area contributed by atoms with Crippen molar-refractivity contribution in [2.75, 3.05) is 0 Å². The first kappa shape index (κ1) is 12.1. The van der Waals surface area contributed by atoms with Gasteiger partial charge in [0.05, 0.1) is 0 Å². The number of aliphatic carboxylic acids is 1. The molecule has 0 aliphatic rings. The Morgan fingerprint density at radius 2 is 2.00 bits per heavy atom. The molecule has 4 heteroatoms. The maximum atomic E-state index is 10.1. The Morgan fingerprint density at radius 1 is 1.38 bits per heavy atom. The summed E-state index contributed by atoms with van der Waals surface area (Å²) in [6, 6.07) is 0. The van der Waals surface area contributed by atoms with Gasteiger partial charge < -0.3 is 15.3 Å². The van der Waals surface area contributed by atoms with E-state index in [1.807, 2.05) is 0 Å². The zero-order valence-electron chi connectivity index (χ0n) is 7.73. The first-order valence-electron chi connectivity index (χ1n) is 4.29. The van der Waals surface area contributed by atoms with E-state index in [0.29, 0.717) is 6.42 Å². The van der Waals surface area contributed by atoms with Gasteiger partial charge in [-0.2, -0.15) is 0 Å². The van der Waals surface area contributed by atoms with Gasteiger partial charge in [0.15, 0.2) is 5.79 Å². The number of hydrogen-bond acceptors (Lipinski definition) is 3. The standard InChI is InChI=1S/C9H16O4/c1-2-9(12,13)7-5-3-4-6-8(10)11/h3,5,12-13H,2,4,6-7H2,1H3,(H,10,11). The highest BCUT2D eigenvalue weighted by atomic mass is 16.5. The van der Waals surface area contributed by atoms with Gasteiger partial charge in [-0.25, -0.2) is 0 Å². The molecule has 0 unspecified atom stereocenters. The Hall–Kier alpha value is -0.870. The molecule has 0 aromatic rings. The fraction of sp³-hybridized carbons (Fsp3) is 0.667. The van der Waals surface area contributed by atoms with Crippen LogP contribution in [0.15, 0.2) is 12.2 Å². The molecule has 13 heavy (non-hydrogen) atoms. The van der Waals surface area contributed by atoms with Gasteiger partial charge >= 0.3 is 5.97 Å². The summed E-state index contributed by atoms with van der Waals surface area (Å²) in [5.41, 5.74) is 0. The molecule has 0 aliphatic carbocycles. The summed E-state index contributed by atoms with van der Waals surface area (Å²) in [7, 11) is 0. The average molecular weight is 188 g/mol. The van der Waals surface area contributed by atoms with Crippen molar-refractivity contribution in [1.29, 1.82) is 0 Å². The van der Waals surface area contributed by atoms with Crippen molar-refractivity contribution in [2.24, 2.45) is 0 Å². The van der Waals surface area contributed by atoms with E-state index in [0.717, 1.165) is 0 Å². The average Bonchev–Trinajstić information content (AvgIpc) is 2.03. The maximum absolute atomic E-state index is 10.1. The second-order valence-corrected chi connectivity index (χ2v) is 2.94. The number of allylic oxidation sites excluding steroid dienone is 1. The SMILES string of the molecule is CCC(O)(O)CC=CCCC(=O)O. The monoisotopic (exact) mass is 188 g/mol. The Bertz CT molecular complexity index is 184. The molecule has 3 N–H and O–H groups in total. The lowest BCUT2D eigenvalue weighted by molar-refractivity contribution is -0.158. The van der Waals surface area contributed by atoms with Crippen molar-refractivity contribution >= 4 is 5.97 Å². The number of rotatable bonds is 6. The van der Waals surface area contributed by atoms with Crippen molar-refractivity contribution in [3.8, 4) is 0 Å². The van der Waals surface area contributed by atoms with Crippen LogP contribution in [0.4, 0.5) is 0 Å². The highest BCUT2D eigenvalue weighted by molar-refractivity contribution is 5.66. The summed E-state index contributed by atoms with van der Waals surface area (Å²) in [6.07, 6.45) is 4.14. The molecule has 0 saturated heterocycles. The molecule has 0 heterocycles. The second-order valence-electron chi connectivity index (χ2n) is 2.94. The van der Waals surface area contributed by atoms with Crippen molar-refractivity contribution in [1.82, 2.24) is 0 Å². The first-order chi connectivity index (χ1) is 5.98. The third-order valence-electron chi connectivity index (χ3n) is 1.70. The van der Waals surface area contributed by atoms with E-state index in [-0.39, 0.29) is 19.3 Å². The van der Waals surface area contributed by atoms with E-state index in [1.165, 1.54) is 0 Å². The molecule has 0 aromatic carbocycles. The van der Waals surface area contributed by atoms with Crippen LogP contribution in [0.2, 0.25) is 0 Å². The molecule has 0 spiro atoms. The van der Waals surface area contributed by atoms with E-state index in [9.17, 15) is 4.79 Å². The molecule has 0 rings (SSSR count). The van der Waals surface area contributed by atoms with E-state index in [1.54, 1.807) is 19.1 Å². The second kappa shape index (κ2) is 5.72. The smallest absolute Gasteiger partial charge is 0.303 e. The van der Waals surface area contributed by atoms with Crippen molar-refractivity contribution in [3.05, 3.63) is 12.2 Å². The number of aliphatic hydroxyl groups is 2. The van der Waals surface area contributed by atoms with Gasteiger partial charge in [0.25, 0.3) is 0 Å². The Balaban J connectivity index is 3.57. The lowest BCUT2D eigenvalue weighted by Gasteiger charge is -2.16. The molecule has 4 nitrogen and oxygen atoms in total. The molecule has 0 bridgehead atoms. The summed E-state index contributed by atoms with van der Waals surface area (Å²) in [5.74, 6) is -2.50. The van der Waals surface area contributed by atoms with Gasteiger partial charge in [0, 0.05) is 12.8 Å². The summed E-state index contributed by atoms with van der Waals surface area (Å²) in [4.78, 5) is 10.1. The zero-order chi connectivity index (χ0) is 10.3. The van der Waals surface area contributed by atoms with Gasteiger partial charge in [0.2, 0.25) is 0 Å². The summed E-state index contributed by atoms with van der Waals surface area (Å²) in [5, 5.41) is 26.5. The topological polar surface area (TPSA) is 77.8 Å². The van der Waals surface area contributed by atoms with Crippen LogP contribution in [0, 0.1) is 0 Å². The minimum atomic E-state index is -1.65. The quantitative estimate of drug-likeness (QED) is 0.427. The first-order valence-corrected chi connectivity index (χ1v) is 4.29. The fourth-order valence-corrected chi connectivity index (χ4v) is 0.741. The maximum Gasteiger partial charge on any atom is 0.303 e. The van der Waals surface area contributed by atoms with Crippen LogP contribution in [0.3, 0.4) is 0 Å². The van der Waals surface area contributed by atoms with Gasteiger partial charge in [-0.05, 0) is 12.8 Å². The van der Waals surface area contributed by atoms with E-state index in [2.05, 4.69) is 0 Å². The number of carboxylic acids is 1. The van der Waals surface area contributed by atoms with Crippen LogP contribution in [0.1, 0.15) is 32.6 Å². The minimum Gasteiger partial charge on any atom is -0.481 e. The molecule has 76 valence electrons. The van der Waals surface area contributed by atoms with E-state index >= 15 is 0 Å². The lowest BCUT2D eigenvalue weighted by Crippen LogP contribution is -2.25. The summed E-state index contributed by atoms with van der Waals surface area (Å²) < 4.78 is 0. The largest absolute Gasteiger partial charge is 0.481 e. The van der Waals surface area contributed by atoms with Crippen molar-refractivity contribution in [2.45, 2.75) is 38.4 Å². The Labute approximate surface area is 77.5 Å². The van der Waals surface area contributed by atoms with Crippen LogP contribution in [0.25, 0.3) is 0 Å². The molecule has 0 atom stereocenters. The highest BCUT2D eigenvalue weighted by Crippen LogP contribution is 2.11. The van der Waals surface area contributed by atoms with Crippen LogP contribution in [-0.4, -0.2) is 27.1 Å². The predicted molar refractivity (Wildman–Crippen MR) is 48.1 cm³/mol. The van der Waals surface area contributed by atoms with Gasteiger partial charge in [-0.3, -0.25) is 4.79 Å². The Kier molecular flexibility index (Phi) is 5.34. The summed E-state index contributed by atoms with van der Waals surface area (Å²) in [6.45, 7) is 1.67. The minimum absolute atomic E-state index is 0.0759. The summed E-state index contributed by atoms with van der Waals surface area (Å²) >= 11 is 0. The number of carboxylic acid groups (broad SMARTS) is 1. The molecular formula is C9H16O4. The third-order valence-corrected chi connectivity index (χ3v) is 1.70. The molecule has 0 saturated carbocycles. The number of carbonyl (C=O) groups is 1. The molecule has 0 amide bonds. The predicted octanol–water partition coefficient (Wildman–Crippen LogP) is 0.888. The van der Waals surface area contributed by atoms with E-state index in [4.69, 9.17) is 15.3 Å². The van der Waals surface area contributed by atoms with Crippen LogP contribution in [0.5, 0.6) is 0 Å².